The van der Waals surface area contributed by atoms with Crippen LogP contribution in [0, 0.1) is 0 Å². The van der Waals surface area contributed by atoms with Gasteiger partial charge in [0.25, 0.3) is 0 Å². The van der Waals surface area contributed by atoms with E-state index < -0.39 is 0 Å². The summed E-state index contributed by atoms with van der Waals surface area (Å²) in [5, 5.41) is 0. The Labute approximate surface area is 95.3 Å². The number of hydrogen-bond donors (Lipinski definition) is 0. The van der Waals surface area contributed by atoms with E-state index in [1.807, 2.05) is 12.1 Å². The molecule has 3 rings (SSSR count). The minimum atomic E-state index is 0.171. The Morgan fingerprint density at radius 1 is 1.19 bits per heavy atom. The first-order valence-electron chi connectivity index (χ1n) is 5.73. The fourth-order valence-corrected chi connectivity index (χ4v) is 2.40. The van der Waals surface area contributed by atoms with Crippen molar-refractivity contribution in [3.05, 3.63) is 29.8 Å². The number of methoxy groups -OCH3 is 1. The summed E-state index contributed by atoms with van der Waals surface area (Å²) in [6.07, 6.45) is 2.11. The van der Waals surface area contributed by atoms with Crippen molar-refractivity contribution in [1.82, 2.24) is 0 Å². The minimum absolute atomic E-state index is 0.171. The first kappa shape index (κ1) is 10.1. The summed E-state index contributed by atoms with van der Waals surface area (Å²) in [4.78, 5) is 0. The standard InChI is InChI=1S/C13H16O3/c1-8-13-12(16-13)7-11(15-8)9-3-5-10(14-2)6-4-9/h3-6,8,11-13H,7H2,1-2H3/t8-,11-,12+,13-/m0/s1. The van der Waals surface area contributed by atoms with E-state index in [1.54, 1.807) is 7.11 Å². The molecule has 0 N–H and O–H groups in total. The lowest BCUT2D eigenvalue weighted by Gasteiger charge is -2.25. The first-order chi connectivity index (χ1) is 7.78. The maximum atomic E-state index is 5.93. The van der Waals surface area contributed by atoms with E-state index in [-0.39, 0.29) is 12.2 Å². The van der Waals surface area contributed by atoms with Crippen LogP contribution in [0.5, 0.6) is 5.75 Å². The van der Waals surface area contributed by atoms with E-state index in [2.05, 4.69) is 19.1 Å². The largest absolute Gasteiger partial charge is 0.497 e. The molecule has 0 saturated carbocycles. The molecule has 2 aliphatic rings. The van der Waals surface area contributed by atoms with Gasteiger partial charge in [0.1, 0.15) is 11.9 Å². The zero-order chi connectivity index (χ0) is 11.1. The molecule has 0 aromatic heterocycles. The second-order valence-corrected chi connectivity index (χ2v) is 4.48. The van der Waals surface area contributed by atoms with Crippen LogP contribution in [-0.4, -0.2) is 25.4 Å². The van der Waals surface area contributed by atoms with Gasteiger partial charge in [0.15, 0.2) is 0 Å². The van der Waals surface area contributed by atoms with Crippen LogP contribution in [0.15, 0.2) is 24.3 Å². The second kappa shape index (κ2) is 3.75. The Kier molecular flexibility index (Phi) is 2.37. The van der Waals surface area contributed by atoms with E-state index in [0.29, 0.717) is 12.2 Å². The molecule has 0 radical (unpaired) electrons. The van der Waals surface area contributed by atoms with Gasteiger partial charge in [0.2, 0.25) is 0 Å². The van der Waals surface area contributed by atoms with Gasteiger partial charge in [-0.1, -0.05) is 12.1 Å². The molecule has 3 nitrogen and oxygen atoms in total. The molecule has 0 unspecified atom stereocenters. The van der Waals surface area contributed by atoms with Crippen molar-refractivity contribution >= 4 is 0 Å². The number of hydrogen-bond acceptors (Lipinski definition) is 3. The van der Waals surface area contributed by atoms with Crippen molar-refractivity contribution in [3.63, 3.8) is 0 Å². The van der Waals surface area contributed by atoms with Gasteiger partial charge in [-0.2, -0.15) is 0 Å². The summed E-state index contributed by atoms with van der Waals surface area (Å²) in [6, 6.07) is 8.09. The van der Waals surface area contributed by atoms with Gasteiger partial charge in [-0.05, 0) is 24.6 Å². The summed E-state index contributed by atoms with van der Waals surface area (Å²) >= 11 is 0. The van der Waals surface area contributed by atoms with Crippen LogP contribution >= 0.6 is 0 Å². The minimum Gasteiger partial charge on any atom is -0.497 e. The molecule has 3 heteroatoms. The van der Waals surface area contributed by atoms with Crippen LogP contribution in [0.2, 0.25) is 0 Å². The molecule has 0 spiro atoms. The number of epoxide rings is 1. The first-order valence-corrected chi connectivity index (χ1v) is 5.73. The normalized spacial score (nSPS) is 36.6. The van der Waals surface area contributed by atoms with Crippen molar-refractivity contribution in [2.75, 3.05) is 7.11 Å². The summed E-state index contributed by atoms with van der Waals surface area (Å²) in [6.45, 7) is 2.08. The number of rotatable bonds is 2. The SMILES string of the molecule is COc1ccc([C@@H]2C[C@H]3O[C@H]3[C@H](C)O2)cc1. The van der Waals surface area contributed by atoms with Crippen LogP contribution in [0.25, 0.3) is 0 Å². The lowest BCUT2D eigenvalue weighted by atomic mass is 9.99. The molecule has 2 saturated heterocycles. The molecule has 86 valence electrons. The average Bonchev–Trinajstić information content (AvgIpc) is 3.09. The van der Waals surface area contributed by atoms with E-state index in [9.17, 15) is 0 Å². The Balaban J connectivity index is 1.75. The van der Waals surface area contributed by atoms with Gasteiger partial charge in [0, 0.05) is 6.42 Å². The van der Waals surface area contributed by atoms with Gasteiger partial charge < -0.3 is 14.2 Å². The zero-order valence-electron chi connectivity index (χ0n) is 9.55. The molecule has 4 atom stereocenters. The predicted molar refractivity (Wildman–Crippen MR) is 59.6 cm³/mol. The molecule has 2 fully saturated rings. The molecule has 0 amide bonds. The third-order valence-electron chi connectivity index (χ3n) is 3.40. The third-order valence-corrected chi connectivity index (χ3v) is 3.40. The van der Waals surface area contributed by atoms with Gasteiger partial charge in [-0.3, -0.25) is 0 Å². The lowest BCUT2D eigenvalue weighted by Crippen LogP contribution is -2.27. The van der Waals surface area contributed by atoms with Crippen molar-refractivity contribution in [2.24, 2.45) is 0 Å². The highest BCUT2D eigenvalue weighted by molar-refractivity contribution is 5.29. The molecule has 1 aromatic rings. The van der Waals surface area contributed by atoms with E-state index in [4.69, 9.17) is 14.2 Å². The number of ether oxygens (including phenoxy) is 3. The maximum absolute atomic E-state index is 5.93. The van der Waals surface area contributed by atoms with Gasteiger partial charge >= 0.3 is 0 Å². The highest BCUT2D eigenvalue weighted by atomic mass is 16.6. The van der Waals surface area contributed by atoms with Crippen molar-refractivity contribution in [3.8, 4) is 5.75 Å². The maximum Gasteiger partial charge on any atom is 0.118 e. The Morgan fingerprint density at radius 3 is 2.56 bits per heavy atom. The molecular weight excluding hydrogens is 204 g/mol. The van der Waals surface area contributed by atoms with Gasteiger partial charge in [-0.25, -0.2) is 0 Å². The van der Waals surface area contributed by atoms with Crippen molar-refractivity contribution in [2.45, 2.75) is 37.8 Å². The van der Waals surface area contributed by atoms with Crippen molar-refractivity contribution < 1.29 is 14.2 Å². The second-order valence-electron chi connectivity index (χ2n) is 4.48. The van der Waals surface area contributed by atoms with E-state index in [0.717, 1.165) is 12.2 Å². The molecule has 0 aliphatic carbocycles. The average molecular weight is 220 g/mol. The van der Waals surface area contributed by atoms with Crippen LogP contribution in [0.1, 0.15) is 25.0 Å². The summed E-state index contributed by atoms with van der Waals surface area (Å²) < 4.78 is 16.6. The van der Waals surface area contributed by atoms with Gasteiger partial charge in [-0.15, -0.1) is 0 Å². The zero-order valence-corrected chi connectivity index (χ0v) is 9.55. The van der Waals surface area contributed by atoms with E-state index >= 15 is 0 Å². The Hall–Kier alpha value is -1.06. The Bertz CT molecular complexity index is 373. The smallest absolute Gasteiger partial charge is 0.118 e. The highest BCUT2D eigenvalue weighted by Crippen LogP contribution is 2.42. The summed E-state index contributed by atoms with van der Waals surface area (Å²) in [5.74, 6) is 0.883. The summed E-state index contributed by atoms with van der Waals surface area (Å²) in [7, 11) is 1.68. The van der Waals surface area contributed by atoms with Crippen molar-refractivity contribution in [1.29, 1.82) is 0 Å². The van der Waals surface area contributed by atoms with Gasteiger partial charge in [0.05, 0.1) is 25.4 Å². The molecule has 0 bridgehead atoms. The van der Waals surface area contributed by atoms with E-state index in [1.165, 1.54) is 5.56 Å². The van der Waals surface area contributed by atoms with Crippen LogP contribution in [0.3, 0.4) is 0 Å². The topological polar surface area (TPSA) is 31.0 Å². The lowest BCUT2D eigenvalue weighted by molar-refractivity contribution is -0.0290. The molecule has 2 aliphatic heterocycles. The predicted octanol–water partition coefficient (Wildman–Crippen LogP) is 2.31. The third kappa shape index (κ3) is 1.70. The fraction of sp³-hybridized carbons (Fsp3) is 0.538. The number of benzene rings is 1. The molecule has 1 aromatic carbocycles. The quantitative estimate of drug-likeness (QED) is 0.717. The molecule has 16 heavy (non-hydrogen) atoms. The monoisotopic (exact) mass is 220 g/mol. The molecular formula is C13H16O3. The number of fused-ring (bicyclic) bond motifs is 1. The summed E-state index contributed by atoms with van der Waals surface area (Å²) in [5.41, 5.74) is 1.21. The highest BCUT2D eigenvalue weighted by Gasteiger charge is 2.49. The van der Waals surface area contributed by atoms with Crippen LogP contribution < -0.4 is 4.74 Å². The van der Waals surface area contributed by atoms with Crippen LogP contribution in [-0.2, 0) is 9.47 Å². The fourth-order valence-electron chi connectivity index (χ4n) is 2.40. The Morgan fingerprint density at radius 2 is 1.94 bits per heavy atom. The molecule has 2 heterocycles. The van der Waals surface area contributed by atoms with Crippen LogP contribution in [0.4, 0.5) is 0 Å².